The van der Waals surface area contributed by atoms with Gasteiger partial charge in [0.2, 0.25) is 5.96 Å². The Balaban J connectivity index is 0.00000420. The normalized spacial score (nSPS) is 10.3. The zero-order valence-corrected chi connectivity index (χ0v) is 17.2. The first-order chi connectivity index (χ1) is 13.3. The third kappa shape index (κ3) is 7.50. The van der Waals surface area contributed by atoms with Gasteiger partial charge in [0, 0.05) is 12.5 Å². The Labute approximate surface area is 175 Å². The van der Waals surface area contributed by atoms with Crippen molar-refractivity contribution in [2.24, 2.45) is 5.73 Å². The van der Waals surface area contributed by atoms with E-state index >= 15 is 0 Å². The largest absolute Gasteiger partial charge is 0.493 e. The van der Waals surface area contributed by atoms with Crippen LogP contribution in [0.3, 0.4) is 0 Å². The summed E-state index contributed by atoms with van der Waals surface area (Å²) in [5.74, 6) is 0.219. The fraction of sp³-hybridized carbons (Fsp3) is 0.222. The van der Waals surface area contributed by atoms with E-state index in [0.29, 0.717) is 18.8 Å². The number of nitrogens with zero attached hydrogens (tertiary/aromatic N) is 1. The van der Waals surface area contributed by atoms with Crippen molar-refractivity contribution in [1.82, 2.24) is 5.48 Å². The summed E-state index contributed by atoms with van der Waals surface area (Å²) in [6, 6.07) is 12.4. The van der Waals surface area contributed by atoms with Crippen molar-refractivity contribution >= 4 is 28.5 Å². The first-order valence-corrected chi connectivity index (χ1v) is 9.62. The van der Waals surface area contributed by atoms with Crippen molar-refractivity contribution in [3.63, 3.8) is 0 Å². The molecule has 0 amide bonds. The number of hydrogen-bond donors (Lipinski definition) is 3. The van der Waals surface area contributed by atoms with Gasteiger partial charge in [0.05, 0.1) is 18.8 Å². The van der Waals surface area contributed by atoms with Gasteiger partial charge in [-0.25, -0.2) is 5.48 Å². The van der Waals surface area contributed by atoms with Crippen LogP contribution < -0.4 is 20.1 Å². The molecule has 0 spiro atoms. The average Bonchev–Trinajstić information content (AvgIpc) is 2.63. The molecule has 0 saturated heterocycles. The van der Waals surface area contributed by atoms with Crippen LogP contribution in [0, 0.1) is 23.7 Å². The number of nitrogens with one attached hydrogen (secondary N) is 2. The predicted molar refractivity (Wildman–Crippen MR) is 109 cm³/mol. The number of benzene rings is 2. The number of halogens is 1. The molecule has 156 valence electrons. The van der Waals surface area contributed by atoms with Gasteiger partial charge in [-0.3, -0.25) is 10.2 Å². The van der Waals surface area contributed by atoms with E-state index in [9.17, 15) is 8.42 Å². The van der Waals surface area contributed by atoms with Gasteiger partial charge in [-0.2, -0.15) is 13.7 Å². The van der Waals surface area contributed by atoms with Crippen LogP contribution in [0.5, 0.6) is 11.5 Å². The molecule has 0 aliphatic rings. The molecular weight excluding hydrogens is 420 g/mol. The second-order valence-corrected chi connectivity index (χ2v) is 7.21. The molecule has 0 fully saturated rings. The zero-order valence-electron chi connectivity index (χ0n) is 15.5. The van der Waals surface area contributed by atoms with Crippen LogP contribution >= 0.6 is 12.4 Å². The molecule has 0 aliphatic heterocycles. The molecule has 0 radical (unpaired) electrons. The van der Waals surface area contributed by atoms with Crippen LogP contribution in [0.4, 0.5) is 0 Å². The molecule has 9 nitrogen and oxygen atoms in total. The van der Waals surface area contributed by atoms with E-state index < -0.39 is 10.1 Å². The first kappa shape index (κ1) is 24.0. The third-order valence-electron chi connectivity index (χ3n) is 3.35. The maximum atomic E-state index is 12.5. The molecule has 0 bridgehead atoms. The smallest absolute Gasteiger partial charge is 0.340 e. The summed E-state index contributed by atoms with van der Waals surface area (Å²) in [4.78, 5) is 4.71. The molecule has 29 heavy (non-hydrogen) atoms. The molecule has 11 heteroatoms. The number of guanidine groups is 1. The minimum atomic E-state index is -4.17. The van der Waals surface area contributed by atoms with Crippen molar-refractivity contribution in [1.29, 1.82) is 10.7 Å². The minimum absolute atomic E-state index is 0. The molecule has 4 N–H and O–H groups in total. The van der Waals surface area contributed by atoms with E-state index in [1.807, 2.05) is 6.07 Å². The van der Waals surface area contributed by atoms with E-state index in [1.165, 1.54) is 24.3 Å². The fourth-order valence-corrected chi connectivity index (χ4v) is 3.31. The molecule has 0 heterocycles. The molecule has 0 atom stereocenters. The molecule has 2 aromatic rings. The topological polar surface area (TPSA) is 148 Å². The monoisotopic (exact) mass is 440 g/mol. The molecule has 2 aromatic carbocycles. The van der Waals surface area contributed by atoms with E-state index in [4.69, 9.17) is 30.2 Å². The van der Waals surface area contributed by atoms with E-state index in [2.05, 4.69) is 5.48 Å². The highest BCUT2D eigenvalue weighted by molar-refractivity contribution is 7.87. The number of nitriles is 1. The lowest BCUT2D eigenvalue weighted by atomic mass is 10.2. The fourth-order valence-electron chi connectivity index (χ4n) is 2.24. The number of rotatable bonds is 9. The minimum Gasteiger partial charge on any atom is -0.493 e. The van der Waals surface area contributed by atoms with E-state index in [0.717, 1.165) is 5.56 Å². The van der Waals surface area contributed by atoms with Gasteiger partial charge in [0.15, 0.2) is 0 Å². The second kappa shape index (κ2) is 11.1. The summed E-state index contributed by atoms with van der Waals surface area (Å²) in [6.45, 7) is 2.34. The van der Waals surface area contributed by atoms with Crippen LogP contribution in [0.25, 0.3) is 0 Å². The Hall–Kier alpha value is -3.00. The van der Waals surface area contributed by atoms with Gasteiger partial charge < -0.3 is 14.7 Å². The molecule has 0 saturated carbocycles. The van der Waals surface area contributed by atoms with Gasteiger partial charge >= 0.3 is 10.1 Å². The predicted octanol–water partition coefficient (Wildman–Crippen LogP) is 2.24. The lowest BCUT2D eigenvalue weighted by molar-refractivity contribution is 0.0733. The van der Waals surface area contributed by atoms with Crippen LogP contribution in [0.2, 0.25) is 0 Å². The summed E-state index contributed by atoms with van der Waals surface area (Å²) >= 11 is 0. The Morgan fingerprint density at radius 3 is 2.59 bits per heavy atom. The summed E-state index contributed by atoms with van der Waals surface area (Å²) in [6.07, 6.45) is 0.512. The van der Waals surface area contributed by atoms with Crippen molar-refractivity contribution in [2.45, 2.75) is 18.2 Å². The number of ether oxygens (including phenoxy) is 1. The van der Waals surface area contributed by atoms with Crippen LogP contribution in [0.15, 0.2) is 47.4 Å². The van der Waals surface area contributed by atoms with E-state index in [1.54, 1.807) is 25.1 Å². The van der Waals surface area contributed by atoms with E-state index in [-0.39, 0.29) is 41.2 Å². The summed E-state index contributed by atoms with van der Waals surface area (Å²) in [5.41, 5.74) is 8.03. The highest BCUT2D eigenvalue weighted by Gasteiger charge is 2.21. The lowest BCUT2D eigenvalue weighted by Crippen LogP contribution is -2.30. The zero-order chi connectivity index (χ0) is 20.6. The number of aryl methyl sites for hydroxylation is 1. The third-order valence-corrected chi connectivity index (χ3v) is 4.66. The van der Waals surface area contributed by atoms with Crippen molar-refractivity contribution in [2.75, 3.05) is 13.2 Å². The second-order valence-electron chi connectivity index (χ2n) is 5.69. The summed E-state index contributed by atoms with van der Waals surface area (Å²) in [7, 11) is -4.17. The SMILES string of the molecule is Cc1cc(OCCCONC(=N)N)cc(OS(=O)(=O)c2ccccc2C#N)c1.Cl. The van der Waals surface area contributed by atoms with Crippen molar-refractivity contribution in [3.8, 4) is 17.6 Å². The van der Waals surface area contributed by atoms with Gasteiger partial charge in [-0.1, -0.05) is 12.1 Å². The maximum absolute atomic E-state index is 12.5. The molecular formula is C18H21ClN4O5S. The Morgan fingerprint density at radius 1 is 1.21 bits per heavy atom. The Bertz CT molecular complexity index is 992. The highest BCUT2D eigenvalue weighted by atomic mass is 35.5. The van der Waals surface area contributed by atoms with Crippen LogP contribution in [0.1, 0.15) is 17.5 Å². The highest BCUT2D eigenvalue weighted by Crippen LogP contribution is 2.26. The molecule has 2 rings (SSSR count). The maximum Gasteiger partial charge on any atom is 0.340 e. The molecule has 0 unspecified atom stereocenters. The summed E-state index contributed by atoms with van der Waals surface area (Å²) < 4.78 is 35.8. The lowest BCUT2D eigenvalue weighted by Gasteiger charge is -2.12. The Kier molecular flexibility index (Phi) is 9.21. The van der Waals surface area contributed by atoms with Gasteiger partial charge in [0.25, 0.3) is 0 Å². The number of hydroxylamine groups is 1. The van der Waals surface area contributed by atoms with Crippen molar-refractivity contribution in [3.05, 3.63) is 53.6 Å². The summed E-state index contributed by atoms with van der Waals surface area (Å²) in [5, 5.41) is 16.0. The van der Waals surface area contributed by atoms with Gasteiger partial charge in [-0.15, -0.1) is 12.4 Å². The molecule has 0 aliphatic carbocycles. The first-order valence-electron chi connectivity index (χ1n) is 8.22. The Morgan fingerprint density at radius 2 is 1.90 bits per heavy atom. The number of hydrogen-bond acceptors (Lipinski definition) is 7. The standard InChI is InChI=1S/C18H20N4O5S.ClH/c1-13-9-15(25-7-4-8-26-22-18(20)21)11-16(10-13)27-28(23,24)17-6-3-2-5-14(17)12-19;/h2-3,5-6,9-11H,4,7-8H2,1H3,(H4,20,21,22);1H. The number of nitrogens with two attached hydrogens (primary N) is 1. The quantitative estimate of drug-likeness (QED) is 0.177. The van der Waals surface area contributed by atoms with Crippen molar-refractivity contribution < 1.29 is 22.2 Å². The van der Waals surface area contributed by atoms with Crippen LogP contribution in [-0.2, 0) is 15.0 Å². The average molecular weight is 441 g/mol. The van der Waals surface area contributed by atoms with Crippen LogP contribution in [-0.4, -0.2) is 27.6 Å². The van der Waals surface area contributed by atoms with Gasteiger partial charge in [0.1, 0.15) is 22.5 Å². The molecule has 0 aromatic heterocycles. The van der Waals surface area contributed by atoms with Gasteiger partial charge in [-0.05, 0) is 36.8 Å².